The van der Waals surface area contributed by atoms with Gasteiger partial charge in [-0.15, -0.1) is 0 Å². The molecule has 2 aromatic rings. The first kappa shape index (κ1) is 11.6. The van der Waals surface area contributed by atoms with Gasteiger partial charge in [0.1, 0.15) is 6.10 Å². The average Bonchev–Trinajstić information content (AvgIpc) is 2.42. The second-order valence-electron chi connectivity index (χ2n) is 3.79. The zero-order valence-electron chi connectivity index (χ0n) is 9.54. The Hall–Kier alpha value is -1.93. The van der Waals surface area contributed by atoms with E-state index in [2.05, 4.69) is 0 Å². The molecular weight excluding hydrogens is 210 g/mol. The van der Waals surface area contributed by atoms with E-state index in [4.69, 9.17) is 10.1 Å². The van der Waals surface area contributed by atoms with E-state index < -0.39 is 0 Å². The molecule has 0 spiro atoms. The Labute approximate surface area is 101 Å². The van der Waals surface area contributed by atoms with Crippen LogP contribution in [0.1, 0.15) is 17.2 Å². The van der Waals surface area contributed by atoms with Crippen molar-refractivity contribution in [2.45, 2.75) is 12.7 Å². The van der Waals surface area contributed by atoms with Crippen LogP contribution in [-0.4, -0.2) is 6.21 Å². The van der Waals surface area contributed by atoms with E-state index in [1.54, 1.807) is 0 Å². The molecule has 0 radical (unpaired) electrons. The van der Waals surface area contributed by atoms with E-state index >= 15 is 0 Å². The maximum Gasteiger partial charge on any atom is 0.117 e. The Bertz CT molecular complexity index is 453. The average molecular weight is 225 g/mol. The third-order valence-corrected chi connectivity index (χ3v) is 2.55. The van der Waals surface area contributed by atoms with Gasteiger partial charge in [-0.25, -0.2) is 0 Å². The van der Waals surface area contributed by atoms with Gasteiger partial charge in [0.25, 0.3) is 0 Å². The zero-order valence-corrected chi connectivity index (χ0v) is 9.54. The van der Waals surface area contributed by atoms with Gasteiger partial charge in [0.05, 0.1) is 6.61 Å². The van der Waals surface area contributed by atoms with Crippen molar-refractivity contribution < 1.29 is 4.74 Å². The van der Waals surface area contributed by atoms with Crippen molar-refractivity contribution >= 4 is 6.21 Å². The molecule has 2 aromatic carbocycles. The Morgan fingerprint density at radius 2 is 1.53 bits per heavy atom. The predicted octanol–water partition coefficient (Wildman–Crippen LogP) is 3.59. The molecule has 0 saturated carbocycles. The van der Waals surface area contributed by atoms with Crippen LogP contribution in [0.25, 0.3) is 0 Å². The van der Waals surface area contributed by atoms with Gasteiger partial charge in [0.15, 0.2) is 0 Å². The molecule has 2 rings (SSSR count). The second kappa shape index (κ2) is 5.97. The minimum atomic E-state index is -0.267. The Kier molecular flexibility index (Phi) is 4.05. The molecule has 0 saturated heterocycles. The van der Waals surface area contributed by atoms with Crippen LogP contribution in [-0.2, 0) is 11.3 Å². The second-order valence-corrected chi connectivity index (χ2v) is 3.79. The Morgan fingerprint density at radius 1 is 0.941 bits per heavy atom. The highest BCUT2D eigenvalue weighted by atomic mass is 16.5. The van der Waals surface area contributed by atoms with Crippen molar-refractivity contribution in [2.75, 3.05) is 0 Å². The predicted molar refractivity (Wildman–Crippen MR) is 69.2 cm³/mol. The lowest BCUT2D eigenvalue weighted by Crippen LogP contribution is -2.05. The summed E-state index contributed by atoms with van der Waals surface area (Å²) in [6, 6.07) is 19.8. The van der Waals surface area contributed by atoms with Crippen LogP contribution in [0, 0.1) is 5.41 Å². The van der Waals surface area contributed by atoms with Crippen LogP contribution in [0.5, 0.6) is 0 Å². The number of hydrogen-bond acceptors (Lipinski definition) is 2. The van der Waals surface area contributed by atoms with E-state index in [0.717, 1.165) is 11.1 Å². The molecule has 1 atom stereocenters. The fourth-order valence-corrected chi connectivity index (χ4v) is 1.64. The molecule has 86 valence electrons. The van der Waals surface area contributed by atoms with Crippen molar-refractivity contribution in [3.8, 4) is 0 Å². The Balaban J connectivity index is 2.00. The van der Waals surface area contributed by atoms with E-state index in [-0.39, 0.29) is 6.10 Å². The van der Waals surface area contributed by atoms with Gasteiger partial charge in [-0.2, -0.15) is 0 Å². The zero-order chi connectivity index (χ0) is 11.9. The van der Waals surface area contributed by atoms with Crippen molar-refractivity contribution in [2.24, 2.45) is 0 Å². The van der Waals surface area contributed by atoms with Crippen molar-refractivity contribution in [3.05, 3.63) is 71.8 Å². The van der Waals surface area contributed by atoms with Crippen LogP contribution in [0.2, 0.25) is 0 Å². The lowest BCUT2D eigenvalue weighted by molar-refractivity contribution is 0.0872. The summed E-state index contributed by atoms with van der Waals surface area (Å²) in [4.78, 5) is 0. The summed E-state index contributed by atoms with van der Waals surface area (Å²) < 4.78 is 5.72. The first-order chi connectivity index (χ1) is 8.40. The van der Waals surface area contributed by atoms with Gasteiger partial charge in [0.2, 0.25) is 0 Å². The molecule has 2 heteroatoms. The van der Waals surface area contributed by atoms with Crippen LogP contribution >= 0.6 is 0 Å². The molecule has 0 fully saturated rings. The van der Waals surface area contributed by atoms with Crippen LogP contribution in [0.3, 0.4) is 0 Å². The fraction of sp³-hybridized carbons (Fsp3) is 0.133. The largest absolute Gasteiger partial charge is 0.363 e. The minimum absolute atomic E-state index is 0.267. The number of nitrogens with one attached hydrogen (secondary N) is 1. The van der Waals surface area contributed by atoms with Gasteiger partial charge in [-0.1, -0.05) is 60.7 Å². The quantitative estimate of drug-likeness (QED) is 0.775. The van der Waals surface area contributed by atoms with Gasteiger partial charge < -0.3 is 10.1 Å². The topological polar surface area (TPSA) is 33.1 Å². The third-order valence-electron chi connectivity index (χ3n) is 2.55. The van der Waals surface area contributed by atoms with Crippen LogP contribution in [0.15, 0.2) is 60.7 Å². The third kappa shape index (κ3) is 3.26. The normalized spacial score (nSPS) is 12.0. The standard InChI is InChI=1S/C15H15NO/c16-11-15(14-9-5-2-6-10-14)17-12-13-7-3-1-4-8-13/h1-11,15-16H,12H2. The molecule has 0 aliphatic carbocycles. The SMILES string of the molecule is N=CC(OCc1ccccc1)c1ccccc1. The van der Waals surface area contributed by atoms with Gasteiger partial charge in [0, 0.05) is 6.21 Å². The van der Waals surface area contributed by atoms with Gasteiger partial charge >= 0.3 is 0 Å². The van der Waals surface area contributed by atoms with E-state index in [1.165, 1.54) is 6.21 Å². The molecule has 0 aliphatic heterocycles. The summed E-state index contributed by atoms with van der Waals surface area (Å²) in [6.07, 6.45) is 1.06. The summed E-state index contributed by atoms with van der Waals surface area (Å²) in [5.41, 5.74) is 2.13. The lowest BCUT2D eigenvalue weighted by Gasteiger charge is -2.13. The van der Waals surface area contributed by atoms with Crippen molar-refractivity contribution in [1.82, 2.24) is 0 Å². The summed E-state index contributed by atoms with van der Waals surface area (Å²) in [7, 11) is 0. The summed E-state index contributed by atoms with van der Waals surface area (Å²) in [6.45, 7) is 0.524. The van der Waals surface area contributed by atoms with Gasteiger partial charge in [-0.3, -0.25) is 0 Å². The molecule has 0 bridgehead atoms. The minimum Gasteiger partial charge on any atom is -0.363 e. The van der Waals surface area contributed by atoms with Gasteiger partial charge in [-0.05, 0) is 11.1 Å². The molecular formula is C15H15NO. The highest BCUT2D eigenvalue weighted by Crippen LogP contribution is 2.16. The van der Waals surface area contributed by atoms with E-state index in [1.807, 2.05) is 60.7 Å². The van der Waals surface area contributed by atoms with Crippen molar-refractivity contribution in [3.63, 3.8) is 0 Å². The first-order valence-corrected chi connectivity index (χ1v) is 5.61. The molecule has 1 unspecified atom stereocenters. The molecule has 0 heterocycles. The number of rotatable bonds is 5. The summed E-state index contributed by atoms with van der Waals surface area (Å²) in [5.74, 6) is 0. The highest BCUT2D eigenvalue weighted by molar-refractivity contribution is 5.62. The monoisotopic (exact) mass is 225 g/mol. The maximum absolute atomic E-state index is 7.41. The van der Waals surface area contributed by atoms with Crippen LogP contribution < -0.4 is 0 Å². The van der Waals surface area contributed by atoms with E-state index in [9.17, 15) is 0 Å². The van der Waals surface area contributed by atoms with Crippen molar-refractivity contribution in [1.29, 1.82) is 5.41 Å². The molecule has 0 aliphatic rings. The fourth-order valence-electron chi connectivity index (χ4n) is 1.64. The molecule has 0 amide bonds. The highest BCUT2D eigenvalue weighted by Gasteiger charge is 2.07. The molecule has 2 nitrogen and oxygen atoms in total. The number of benzene rings is 2. The first-order valence-electron chi connectivity index (χ1n) is 5.61. The Morgan fingerprint density at radius 3 is 2.12 bits per heavy atom. The lowest BCUT2D eigenvalue weighted by atomic mass is 10.1. The number of ether oxygens (including phenoxy) is 1. The molecule has 1 N–H and O–H groups in total. The van der Waals surface area contributed by atoms with E-state index in [0.29, 0.717) is 6.61 Å². The smallest absolute Gasteiger partial charge is 0.117 e. The number of hydrogen-bond donors (Lipinski definition) is 1. The molecule has 0 aromatic heterocycles. The van der Waals surface area contributed by atoms with Crippen LogP contribution in [0.4, 0.5) is 0 Å². The summed E-state index contributed by atoms with van der Waals surface area (Å²) >= 11 is 0. The maximum atomic E-state index is 7.41. The summed E-state index contributed by atoms with van der Waals surface area (Å²) in [5, 5.41) is 7.41. The molecule has 17 heavy (non-hydrogen) atoms.